The second-order valence-electron chi connectivity index (χ2n) is 4.02. The minimum atomic E-state index is 0.107. The molecular formula is C10H20N2OS. The summed E-state index contributed by atoms with van der Waals surface area (Å²) in [4.78, 5) is 11.3. The first kappa shape index (κ1) is 11.9. The van der Waals surface area contributed by atoms with E-state index in [0.717, 1.165) is 5.75 Å². The predicted molar refractivity (Wildman–Crippen MR) is 61.6 cm³/mol. The van der Waals surface area contributed by atoms with E-state index in [4.69, 9.17) is 0 Å². The summed E-state index contributed by atoms with van der Waals surface area (Å²) in [6.07, 6.45) is 2.48. The third-order valence-electron chi connectivity index (χ3n) is 2.16. The summed E-state index contributed by atoms with van der Waals surface area (Å²) < 4.78 is 0. The van der Waals surface area contributed by atoms with Crippen molar-refractivity contribution < 1.29 is 4.79 Å². The van der Waals surface area contributed by atoms with E-state index in [2.05, 4.69) is 10.6 Å². The molecule has 0 saturated carbocycles. The van der Waals surface area contributed by atoms with Crippen LogP contribution in [0.3, 0.4) is 0 Å². The van der Waals surface area contributed by atoms with Gasteiger partial charge in [0.05, 0.1) is 6.54 Å². The number of nitrogens with one attached hydrogen (secondary N) is 2. The van der Waals surface area contributed by atoms with Crippen LogP contribution < -0.4 is 10.6 Å². The van der Waals surface area contributed by atoms with E-state index in [1.165, 1.54) is 18.6 Å². The van der Waals surface area contributed by atoms with Crippen molar-refractivity contribution >= 4 is 17.7 Å². The van der Waals surface area contributed by atoms with Crippen molar-refractivity contribution in [3.8, 4) is 0 Å². The van der Waals surface area contributed by atoms with Gasteiger partial charge in [0.25, 0.3) is 0 Å². The number of carbonyl (C=O) groups is 1. The molecule has 1 heterocycles. The number of thioether (sulfide) groups is 1. The van der Waals surface area contributed by atoms with Crippen LogP contribution in [0.4, 0.5) is 0 Å². The fraction of sp³-hybridized carbons (Fsp3) is 0.900. The summed E-state index contributed by atoms with van der Waals surface area (Å²) in [6.45, 7) is 4.42. The minimum Gasteiger partial charge on any atom is -0.353 e. The lowest BCUT2D eigenvalue weighted by atomic mass is 10.2. The van der Waals surface area contributed by atoms with Crippen molar-refractivity contribution in [2.45, 2.75) is 38.8 Å². The molecule has 0 aromatic heterocycles. The molecule has 1 saturated heterocycles. The molecule has 3 nitrogen and oxygen atoms in total. The molecule has 0 spiro atoms. The summed E-state index contributed by atoms with van der Waals surface area (Å²) in [6, 6.07) is 0.775. The Balaban J connectivity index is 2.09. The van der Waals surface area contributed by atoms with Crippen molar-refractivity contribution in [3.05, 3.63) is 0 Å². The molecule has 1 atom stereocenters. The molecule has 0 radical (unpaired) electrons. The summed E-state index contributed by atoms with van der Waals surface area (Å²) in [5, 5.41) is 6.17. The van der Waals surface area contributed by atoms with Crippen molar-refractivity contribution in [1.29, 1.82) is 0 Å². The number of hydrogen-bond acceptors (Lipinski definition) is 3. The van der Waals surface area contributed by atoms with Crippen molar-refractivity contribution in [3.63, 3.8) is 0 Å². The first-order chi connectivity index (χ1) is 6.68. The van der Waals surface area contributed by atoms with Gasteiger partial charge < -0.3 is 10.6 Å². The maximum absolute atomic E-state index is 11.3. The van der Waals surface area contributed by atoms with Gasteiger partial charge in [-0.05, 0) is 32.4 Å². The van der Waals surface area contributed by atoms with E-state index in [1.807, 2.05) is 25.6 Å². The van der Waals surface area contributed by atoms with E-state index in [0.29, 0.717) is 12.6 Å². The SMILES string of the molecule is CC(C)NC(=O)CNC1CCCSC1. The zero-order valence-corrected chi connectivity index (χ0v) is 9.82. The maximum atomic E-state index is 11.3. The van der Waals surface area contributed by atoms with Gasteiger partial charge in [0, 0.05) is 17.8 Å². The van der Waals surface area contributed by atoms with Gasteiger partial charge in [0.15, 0.2) is 0 Å². The summed E-state index contributed by atoms with van der Waals surface area (Å²) in [5.41, 5.74) is 0. The van der Waals surface area contributed by atoms with Crippen LogP contribution in [0, 0.1) is 0 Å². The van der Waals surface area contributed by atoms with Crippen LogP contribution in [-0.2, 0) is 4.79 Å². The van der Waals surface area contributed by atoms with Crippen molar-refractivity contribution in [1.82, 2.24) is 10.6 Å². The van der Waals surface area contributed by atoms with Crippen LogP contribution >= 0.6 is 11.8 Å². The lowest BCUT2D eigenvalue weighted by Crippen LogP contribution is -2.43. The second-order valence-corrected chi connectivity index (χ2v) is 5.17. The zero-order valence-electron chi connectivity index (χ0n) is 9.01. The predicted octanol–water partition coefficient (Wildman–Crippen LogP) is 0.996. The van der Waals surface area contributed by atoms with Gasteiger partial charge in [0.1, 0.15) is 0 Å². The fourth-order valence-corrected chi connectivity index (χ4v) is 2.62. The molecule has 1 unspecified atom stereocenters. The minimum absolute atomic E-state index is 0.107. The lowest BCUT2D eigenvalue weighted by Gasteiger charge is -2.22. The van der Waals surface area contributed by atoms with Crippen LogP contribution in [0.25, 0.3) is 0 Å². The highest BCUT2D eigenvalue weighted by molar-refractivity contribution is 7.99. The third-order valence-corrected chi connectivity index (χ3v) is 3.38. The maximum Gasteiger partial charge on any atom is 0.234 e. The average Bonchev–Trinajstić information content (AvgIpc) is 2.15. The third kappa shape index (κ3) is 4.86. The van der Waals surface area contributed by atoms with Gasteiger partial charge in [-0.25, -0.2) is 0 Å². The van der Waals surface area contributed by atoms with Gasteiger partial charge in [0.2, 0.25) is 5.91 Å². The Labute approximate surface area is 90.4 Å². The number of amides is 1. The van der Waals surface area contributed by atoms with E-state index in [9.17, 15) is 4.79 Å². The van der Waals surface area contributed by atoms with Gasteiger partial charge in [-0.3, -0.25) is 4.79 Å². The Bertz CT molecular complexity index is 179. The highest BCUT2D eigenvalue weighted by atomic mass is 32.2. The van der Waals surface area contributed by atoms with Gasteiger partial charge in [-0.1, -0.05) is 0 Å². The lowest BCUT2D eigenvalue weighted by molar-refractivity contribution is -0.120. The standard InChI is InChI=1S/C10H20N2OS/c1-8(2)12-10(13)6-11-9-4-3-5-14-7-9/h8-9,11H,3-7H2,1-2H3,(H,12,13). The highest BCUT2D eigenvalue weighted by Crippen LogP contribution is 2.16. The first-order valence-corrected chi connectivity index (χ1v) is 6.44. The molecule has 14 heavy (non-hydrogen) atoms. The Morgan fingerprint density at radius 1 is 1.57 bits per heavy atom. The Hall–Kier alpha value is -0.220. The molecule has 2 N–H and O–H groups in total. The quantitative estimate of drug-likeness (QED) is 0.736. The van der Waals surface area contributed by atoms with Crippen LogP contribution in [0.5, 0.6) is 0 Å². The Morgan fingerprint density at radius 2 is 2.36 bits per heavy atom. The van der Waals surface area contributed by atoms with E-state index in [1.54, 1.807) is 0 Å². The molecule has 4 heteroatoms. The molecule has 1 fully saturated rings. The largest absolute Gasteiger partial charge is 0.353 e. The van der Waals surface area contributed by atoms with E-state index < -0.39 is 0 Å². The molecule has 82 valence electrons. The molecule has 0 aromatic rings. The molecule has 0 bridgehead atoms. The number of hydrogen-bond donors (Lipinski definition) is 2. The fourth-order valence-electron chi connectivity index (χ4n) is 1.51. The smallest absolute Gasteiger partial charge is 0.234 e. The Morgan fingerprint density at radius 3 is 2.93 bits per heavy atom. The molecule has 1 rings (SSSR count). The van der Waals surface area contributed by atoms with Crippen LogP contribution in [-0.4, -0.2) is 36.0 Å². The molecule has 0 aromatic carbocycles. The second kappa shape index (κ2) is 6.30. The number of rotatable bonds is 4. The highest BCUT2D eigenvalue weighted by Gasteiger charge is 2.14. The molecule has 1 aliphatic heterocycles. The normalized spacial score (nSPS) is 22.4. The van der Waals surface area contributed by atoms with Gasteiger partial charge in [-0.15, -0.1) is 0 Å². The molecule has 1 amide bonds. The summed E-state index contributed by atoms with van der Waals surface area (Å²) in [5.74, 6) is 2.53. The van der Waals surface area contributed by atoms with E-state index >= 15 is 0 Å². The van der Waals surface area contributed by atoms with Crippen LogP contribution in [0.1, 0.15) is 26.7 Å². The van der Waals surface area contributed by atoms with Crippen molar-refractivity contribution in [2.24, 2.45) is 0 Å². The van der Waals surface area contributed by atoms with E-state index in [-0.39, 0.29) is 11.9 Å². The van der Waals surface area contributed by atoms with Gasteiger partial charge in [-0.2, -0.15) is 11.8 Å². The Kier molecular flexibility index (Phi) is 5.33. The van der Waals surface area contributed by atoms with Crippen molar-refractivity contribution in [2.75, 3.05) is 18.1 Å². The van der Waals surface area contributed by atoms with Crippen LogP contribution in [0.2, 0.25) is 0 Å². The monoisotopic (exact) mass is 216 g/mol. The zero-order chi connectivity index (χ0) is 10.4. The van der Waals surface area contributed by atoms with Crippen LogP contribution in [0.15, 0.2) is 0 Å². The first-order valence-electron chi connectivity index (χ1n) is 5.29. The summed E-state index contributed by atoms with van der Waals surface area (Å²) >= 11 is 1.97. The molecular weight excluding hydrogens is 196 g/mol. The average molecular weight is 216 g/mol. The summed E-state index contributed by atoms with van der Waals surface area (Å²) in [7, 11) is 0. The molecule has 0 aliphatic carbocycles. The topological polar surface area (TPSA) is 41.1 Å². The number of carbonyl (C=O) groups excluding carboxylic acids is 1. The van der Waals surface area contributed by atoms with Gasteiger partial charge >= 0.3 is 0 Å². The molecule has 1 aliphatic rings.